The zero-order valence-corrected chi connectivity index (χ0v) is 22.7. The van der Waals surface area contributed by atoms with Crippen LogP contribution in [0.25, 0.3) is 5.69 Å². The number of hydrogen-bond acceptors (Lipinski definition) is 8. The zero-order valence-electron chi connectivity index (χ0n) is 21.0. The summed E-state index contributed by atoms with van der Waals surface area (Å²) in [5.41, 5.74) is 2.52. The number of methoxy groups -OCH3 is 1. The van der Waals surface area contributed by atoms with Gasteiger partial charge in [-0.15, -0.1) is 21.5 Å². The van der Waals surface area contributed by atoms with Crippen LogP contribution >= 0.6 is 23.1 Å². The van der Waals surface area contributed by atoms with E-state index < -0.39 is 0 Å². The van der Waals surface area contributed by atoms with E-state index in [1.54, 1.807) is 18.9 Å². The molecule has 2 atom stereocenters. The summed E-state index contributed by atoms with van der Waals surface area (Å²) >= 11 is 3.03. The Kier molecular flexibility index (Phi) is 7.87. The fourth-order valence-corrected chi connectivity index (χ4v) is 6.20. The monoisotopic (exact) mass is 535 g/mol. The molecule has 2 aromatic carbocycles. The van der Waals surface area contributed by atoms with Gasteiger partial charge in [-0.2, -0.15) is 0 Å². The van der Waals surface area contributed by atoms with Crippen LogP contribution in [0, 0.1) is 0 Å². The number of ether oxygens (including phenoxy) is 2. The van der Waals surface area contributed by atoms with Crippen LogP contribution in [0.1, 0.15) is 40.7 Å². The summed E-state index contributed by atoms with van der Waals surface area (Å²) in [7, 11) is 1.66. The third-order valence-electron chi connectivity index (χ3n) is 6.03. The zero-order chi connectivity index (χ0) is 25.8. The third-order valence-corrected chi connectivity index (χ3v) is 8.01. The topological polar surface area (TPSA) is 82.4 Å². The SMILES string of the molecule is COc1ccccc1-n1c(Cc2ccccc2)nnc1SCc1nc(C(=O)N2CC(C)OC(C)C2)cs1. The van der Waals surface area contributed by atoms with Crippen molar-refractivity contribution in [2.24, 2.45) is 0 Å². The van der Waals surface area contributed by atoms with Crippen LogP contribution in [0.15, 0.2) is 65.1 Å². The van der Waals surface area contributed by atoms with Crippen molar-refractivity contribution >= 4 is 29.0 Å². The van der Waals surface area contributed by atoms with Gasteiger partial charge < -0.3 is 14.4 Å². The van der Waals surface area contributed by atoms with E-state index in [4.69, 9.17) is 9.47 Å². The molecular formula is C27H29N5O3S2. The molecule has 0 radical (unpaired) electrons. The number of nitrogens with zero attached hydrogens (tertiary/aromatic N) is 5. The van der Waals surface area contributed by atoms with Gasteiger partial charge in [-0.25, -0.2) is 4.98 Å². The smallest absolute Gasteiger partial charge is 0.273 e. The lowest BCUT2D eigenvalue weighted by atomic mass is 10.1. The molecule has 5 rings (SSSR count). The number of rotatable bonds is 8. The van der Waals surface area contributed by atoms with Gasteiger partial charge in [0.15, 0.2) is 5.16 Å². The van der Waals surface area contributed by atoms with Gasteiger partial charge in [0.05, 0.1) is 30.8 Å². The molecule has 1 amide bonds. The molecule has 0 saturated carbocycles. The van der Waals surface area contributed by atoms with Crippen molar-refractivity contribution in [3.05, 3.63) is 82.1 Å². The Morgan fingerprint density at radius 3 is 2.57 bits per heavy atom. The summed E-state index contributed by atoms with van der Waals surface area (Å²) in [5.74, 6) is 2.10. The minimum Gasteiger partial charge on any atom is -0.495 e. The molecule has 1 saturated heterocycles. The number of morpholine rings is 1. The van der Waals surface area contributed by atoms with Gasteiger partial charge in [-0.1, -0.05) is 54.2 Å². The van der Waals surface area contributed by atoms with Gasteiger partial charge in [0.25, 0.3) is 5.91 Å². The van der Waals surface area contributed by atoms with Crippen LogP contribution in [-0.4, -0.2) is 63.0 Å². The summed E-state index contributed by atoms with van der Waals surface area (Å²) in [4.78, 5) is 19.5. The lowest BCUT2D eigenvalue weighted by Crippen LogP contribution is -2.48. The van der Waals surface area contributed by atoms with Gasteiger partial charge in [-0.3, -0.25) is 9.36 Å². The number of carbonyl (C=O) groups excluding carboxylic acids is 1. The van der Waals surface area contributed by atoms with Gasteiger partial charge in [-0.05, 0) is 31.5 Å². The van der Waals surface area contributed by atoms with Crippen molar-refractivity contribution in [2.75, 3.05) is 20.2 Å². The van der Waals surface area contributed by atoms with E-state index in [0.717, 1.165) is 33.0 Å². The van der Waals surface area contributed by atoms with Crippen LogP contribution in [0.4, 0.5) is 0 Å². The second kappa shape index (κ2) is 11.5. The highest BCUT2D eigenvalue weighted by molar-refractivity contribution is 7.98. The van der Waals surface area contributed by atoms with Crippen molar-refractivity contribution in [3.63, 3.8) is 0 Å². The summed E-state index contributed by atoms with van der Waals surface area (Å²) in [6.45, 7) is 5.14. The van der Waals surface area contributed by atoms with Crippen LogP contribution in [0.5, 0.6) is 5.75 Å². The first-order valence-corrected chi connectivity index (χ1v) is 14.0. The molecular weight excluding hydrogens is 506 g/mol. The summed E-state index contributed by atoms with van der Waals surface area (Å²) in [5, 5.41) is 12.5. The highest BCUT2D eigenvalue weighted by Crippen LogP contribution is 2.31. The Morgan fingerprint density at radius 2 is 1.81 bits per heavy atom. The molecule has 2 aromatic heterocycles. The Labute approximate surface area is 224 Å². The molecule has 0 spiro atoms. The standard InChI is InChI=1S/C27H29N5O3S2/c1-18-14-31(15-19(2)35-18)26(33)21-16-36-25(28-21)17-37-27-30-29-24(13-20-9-5-4-6-10-20)32(27)22-11-7-8-12-23(22)34-3/h4-12,16,18-19H,13-15,17H2,1-3H3. The van der Waals surface area contributed by atoms with Crippen LogP contribution < -0.4 is 4.74 Å². The molecule has 10 heteroatoms. The maximum absolute atomic E-state index is 13.0. The molecule has 0 bridgehead atoms. The lowest BCUT2D eigenvalue weighted by molar-refractivity contribution is -0.0587. The van der Waals surface area contributed by atoms with Crippen molar-refractivity contribution in [2.45, 2.75) is 43.4 Å². The van der Waals surface area contributed by atoms with E-state index in [-0.39, 0.29) is 18.1 Å². The molecule has 192 valence electrons. The molecule has 4 aromatic rings. The third kappa shape index (κ3) is 5.87. The Bertz CT molecular complexity index is 1350. The van der Waals surface area contributed by atoms with Gasteiger partial charge in [0.1, 0.15) is 22.3 Å². The Morgan fingerprint density at radius 1 is 1.08 bits per heavy atom. The lowest BCUT2D eigenvalue weighted by Gasteiger charge is -2.34. The number of hydrogen-bond donors (Lipinski definition) is 0. The average Bonchev–Trinajstić information content (AvgIpc) is 3.54. The van der Waals surface area contributed by atoms with E-state index in [1.165, 1.54) is 11.3 Å². The molecule has 0 N–H and O–H groups in total. The maximum atomic E-state index is 13.0. The van der Waals surface area contributed by atoms with E-state index in [0.29, 0.717) is 31.0 Å². The summed E-state index contributed by atoms with van der Waals surface area (Å²) < 4.78 is 13.5. The second-order valence-corrected chi connectivity index (χ2v) is 10.8. The normalized spacial score (nSPS) is 17.6. The average molecular weight is 536 g/mol. The van der Waals surface area contributed by atoms with Gasteiger partial charge in [0.2, 0.25) is 0 Å². The molecule has 37 heavy (non-hydrogen) atoms. The number of para-hydroxylation sites is 2. The second-order valence-electron chi connectivity index (χ2n) is 8.95. The van der Waals surface area contributed by atoms with E-state index >= 15 is 0 Å². The van der Waals surface area contributed by atoms with Gasteiger partial charge >= 0.3 is 0 Å². The van der Waals surface area contributed by atoms with Crippen molar-refractivity contribution in [1.82, 2.24) is 24.6 Å². The highest BCUT2D eigenvalue weighted by atomic mass is 32.2. The molecule has 2 unspecified atom stereocenters. The van der Waals surface area contributed by atoms with Crippen LogP contribution in [0.2, 0.25) is 0 Å². The molecule has 8 nitrogen and oxygen atoms in total. The number of amides is 1. The van der Waals surface area contributed by atoms with Crippen molar-refractivity contribution < 1.29 is 14.3 Å². The molecule has 1 fully saturated rings. The predicted octanol–water partition coefficient (Wildman–Crippen LogP) is 4.86. The maximum Gasteiger partial charge on any atom is 0.273 e. The first-order chi connectivity index (χ1) is 18.0. The fourth-order valence-electron chi connectivity index (χ4n) is 4.45. The fraction of sp³-hybridized carbons (Fsp3) is 0.333. The van der Waals surface area contributed by atoms with Crippen LogP contribution in [-0.2, 0) is 16.9 Å². The Hall–Kier alpha value is -3.21. The van der Waals surface area contributed by atoms with E-state index in [2.05, 4.69) is 27.3 Å². The number of benzene rings is 2. The molecule has 3 heterocycles. The minimum absolute atomic E-state index is 0.0211. The van der Waals surface area contributed by atoms with Crippen molar-refractivity contribution in [1.29, 1.82) is 0 Å². The first kappa shape index (κ1) is 25.4. The highest BCUT2D eigenvalue weighted by Gasteiger charge is 2.28. The first-order valence-electron chi connectivity index (χ1n) is 12.2. The van der Waals surface area contributed by atoms with Gasteiger partial charge in [0, 0.05) is 24.9 Å². The molecule has 0 aliphatic carbocycles. The van der Waals surface area contributed by atoms with Crippen LogP contribution in [0.3, 0.4) is 0 Å². The van der Waals surface area contributed by atoms with E-state index in [1.807, 2.05) is 71.2 Å². The summed E-state index contributed by atoms with van der Waals surface area (Å²) in [6.07, 6.45) is 0.680. The number of thioether (sulfide) groups is 1. The number of thiazole rings is 1. The minimum atomic E-state index is -0.0446. The molecule has 1 aliphatic rings. The summed E-state index contributed by atoms with van der Waals surface area (Å²) in [6, 6.07) is 18.1. The predicted molar refractivity (Wildman–Crippen MR) is 145 cm³/mol. The van der Waals surface area contributed by atoms with E-state index in [9.17, 15) is 4.79 Å². The Balaban J connectivity index is 1.36. The quantitative estimate of drug-likeness (QED) is 0.298. The number of carbonyl (C=O) groups is 1. The molecule has 1 aliphatic heterocycles. The number of aromatic nitrogens is 4. The van der Waals surface area contributed by atoms with Crippen molar-refractivity contribution in [3.8, 4) is 11.4 Å². The largest absolute Gasteiger partial charge is 0.495 e.